The first kappa shape index (κ1) is 29.0. The van der Waals surface area contributed by atoms with Gasteiger partial charge in [0.05, 0.1) is 6.42 Å². The van der Waals surface area contributed by atoms with Crippen LogP contribution in [-0.4, -0.2) is 42.7 Å². The van der Waals surface area contributed by atoms with Crippen molar-refractivity contribution in [2.24, 2.45) is 34.5 Å². The molecule has 1 aromatic carbocycles. The normalized spacial score (nSPS) is 35.3. The lowest BCUT2D eigenvalue weighted by Gasteiger charge is -2.58. The van der Waals surface area contributed by atoms with E-state index in [0.29, 0.717) is 41.7 Å². The number of carbonyl (C=O) groups excluding carboxylic acids is 2. The van der Waals surface area contributed by atoms with Crippen LogP contribution >= 0.6 is 23.2 Å². The topological polar surface area (TPSA) is 46.6 Å². The number of carbonyl (C=O) groups is 2. The fourth-order valence-corrected chi connectivity index (χ4v) is 9.60. The maximum absolute atomic E-state index is 12.9. The molecule has 4 aliphatic rings. The predicted octanol–water partition coefficient (Wildman–Crippen LogP) is 7.59. The first-order valence-electron chi connectivity index (χ1n) is 15.0. The van der Waals surface area contributed by atoms with Crippen LogP contribution in [0.2, 0.25) is 0 Å². The van der Waals surface area contributed by atoms with Crippen molar-refractivity contribution in [3.05, 3.63) is 41.5 Å². The third-order valence-electron chi connectivity index (χ3n) is 11.2. The highest BCUT2D eigenvalue weighted by atomic mass is 35.5. The van der Waals surface area contributed by atoms with Gasteiger partial charge in [0, 0.05) is 42.9 Å². The van der Waals surface area contributed by atoms with Crippen molar-refractivity contribution < 1.29 is 14.3 Å². The molecule has 214 valence electrons. The number of fused-ring (bicyclic) bond motifs is 5. The zero-order valence-corrected chi connectivity index (χ0v) is 25.4. The van der Waals surface area contributed by atoms with Gasteiger partial charge >= 0.3 is 5.97 Å². The lowest BCUT2D eigenvalue weighted by molar-refractivity contribution is -0.150. The highest BCUT2D eigenvalue weighted by Gasteiger charge is 2.59. The van der Waals surface area contributed by atoms with E-state index in [-0.39, 0.29) is 28.8 Å². The van der Waals surface area contributed by atoms with Gasteiger partial charge in [-0.2, -0.15) is 0 Å². The average Bonchev–Trinajstić information content (AvgIpc) is 3.27. The van der Waals surface area contributed by atoms with E-state index in [1.54, 1.807) is 0 Å². The Balaban J connectivity index is 1.19. The van der Waals surface area contributed by atoms with Crippen LogP contribution in [0, 0.1) is 34.5 Å². The van der Waals surface area contributed by atoms with Crippen LogP contribution in [0.15, 0.2) is 35.9 Å². The Kier molecular flexibility index (Phi) is 8.74. The predicted molar refractivity (Wildman–Crippen MR) is 160 cm³/mol. The van der Waals surface area contributed by atoms with Crippen LogP contribution in [0.3, 0.4) is 0 Å². The van der Waals surface area contributed by atoms with E-state index < -0.39 is 0 Å². The summed E-state index contributed by atoms with van der Waals surface area (Å²) < 4.78 is 6.04. The van der Waals surface area contributed by atoms with Gasteiger partial charge in [0.15, 0.2) is 0 Å². The van der Waals surface area contributed by atoms with Crippen LogP contribution in [0.1, 0.15) is 77.7 Å². The standard InChI is InChI=1S/C33H45Cl2NO3/c1-22(37)28-10-11-29-27-9-6-24-21-26(12-14-32(24,2)30(27)13-15-33(28,29)3)39-31(38)20-23-4-7-25(8-5-23)36(18-16-34)19-17-35/h4-8,26-30H,9-21H2,1-3H3/t26-,27-,28+,29-,30-,32-,33+/m0/s1. The molecule has 0 aliphatic heterocycles. The number of nitrogens with zero attached hydrogens (tertiary/aromatic N) is 1. The molecule has 0 heterocycles. The van der Waals surface area contributed by atoms with Crippen molar-refractivity contribution >= 4 is 40.6 Å². The number of alkyl halides is 2. The molecule has 7 atom stereocenters. The zero-order valence-electron chi connectivity index (χ0n) is 23.9. The van der Waals surface area contributed by atoms with E-state index in [1.165, 1.54) is 24.8 Å². The van der Waals surface area contributed by atoms with Crippen molar-refractivity contribution in [1.82, 2.24) is 0 Å². The molecule has 0 spiro atoms. The number of Topliss-reactive ketones (excluding diaryl/α,β-unsaturated/α-hetero) is 1. The third kappa shape index (κ3) is 5.54. The third-order valence-corrected chi connectivity index (χ3v) is 11.5. The molecule has 4 nitrogen and oxygen atoms in total. The fourth-order valence-electron chi connectivity index (χ4n) is 9.19. The largest absolute Gasteiger partial charge is 0.462 e. The Hall–Kier alpha value is -1.52. The van der Waals surface area contributed by atoms with Gasteiger partial charge in [0.2, 0.25) is 0 Å². The van der Waals surface area contributed by atoms with Crippen LogP contribution < -0.4 is 4.90 Å². The molecule has 3 saturated carbocycles. The summed E-state index contributed by atoms with van der Waals surface area (Å²) in [6.45, 7) is 8.18. The van der Waals surface area contributed by atoms with Gasteiger partial charge in [-0.25, -0.2) is 0 Å². The second-order valence-corrected chi connectivity index (χ2v) is 13.9. The van der Waals surface area contributed by atoms with Gasteiger partial charge in [-0.05, 0) is 98.1 Å². The molecule has 5 rings (SSSR count). The van der Waals surface area contributed by atoms with E-state index in [1.807, 2.05) is 31.2 Å². The second-order valence-electron chi connectivity index (χ2n) is 13.1. The van der Waals surface area contributed by atoms with Gasteiger partial charge in [0.25, 0.3) is 0 Å². The summed E-state index contributed by atoms with van der Waals surface area (Å²) in [6, 6.07) is 8.08. The summed E-state index contributed by atoms with van der Waals surface area (Å²) in [5, 5.41) is 0. The van der Waals surface area contributed by atoms with Crippen LogP contribution in [0.4, 0.5) is 5.69 Å². The molecule has 4 aliphatic carbocycles. The number of hydrogen-bond acceptors (Lipinski definition) is 4. The van der Waals surface area contributed by atoms with E-state index in [9.17, 15) is 9.59 Å². The number of anilines is 1. The maximum Gasteiger partial charge on any atom is 0.310 e. The first-order chi connectivity index (χ1) is 18.7. The number of benzene rings is 1. The first-order valence-corrected chi connectivity index (χ1v) is 16.1. The van der Waals surface area contributed by atoms with E-state index >= 15 is 0 Å². The number of esters is 1. The van der Waals surface area contributed by atoms with E-state index in [0.717, 1.165) is 56.4 Å². The number of ketones is 1. The lowest BCUT2D eigenvalue weighted by atomic mass is 9.47. The molecule has 1 aromatic rings. The Morgan fingerprint density at radius 2 is 1.69 bits per heavy atom. The Morgan fingerprint density at radius 3 is 2.36 bits per heavy atom. The smallest absolute Gasteiger partial charge is 0.310 e. The lowest BCUT2D eigenvalue weighted by Crippen LogP contribution is -2.51. The number of ether oxygens (including phenoxy) is 1. The summed E-state index contributed by atoms with van der Waals surface area (Å²) in [5.74, 6) is 3.64. The molecule has 39 heavy (non-hydrogen) atoms. The van der Waals surface area contributed by atoms with Gasteiger partial charge in [-0.1, -0.05) is 37.6 Å². The minimum atomic E-state index is -0.140. The SMILES string of the molecule is CC(=O)[C@H]1CC[C@H]2[C@@H]3CC=C4C[C@@H](OC(=O)Cc5ccc(N(CCCl)CCCl)cc5)CC[C@]4(C)[C@H]3CC[C@]12C. The van der Waals surface area contributed by atoms with Gasteiger partial charge in [-0.3, -0.25) is 9.59 Å². The van der Waals surface area contributed by atoms with Gasteiger partial charge in [-0.15, -0.1) is 23.2 Å². The molecular weight excluding hydrogens is 529 g/mol. The Labute approximate surface area is 244 Å². The molecular formula is C33H45Cl2NO3. The van der Waals surface area contributed by atoms with Gasteiger partial charge < -0.3 is 9.64 Å². The highest BCUT2D eigenvalue weighted by Crippen LogP contribution is 2.66. The number of hydrogen-bond donors (Lipinski definition) is 0. The Bertz CT molecular complexity index is 1080. The number of halogens is 2. The van der Waals surface area contributed by atoms with Crippen molar-refractivity contribution in [3.63, 3.8) is 0 Å². The van der Waals surface area contributed by atoms with Crippen LogP contribution in [-0.2, 0) is 20.7 Å². The van der Waals surface area contributed by atoms with Crippen LogP contribution in [0.5, 0.6) is 0 Å². The molecule has 0 amide bonds. The molecule has 0 bridgehead atoms. The zero-order chi connectivity index (χ0) is 27.8. The summed E-state index contributed by atoms with van der Waals surface area (Å²) in [6.07, 6.45) is 11.5. The average molecular weight is 575 g/mol. The summed E-state index contributed by atoms with van der Waals surface area (Å²) in [4.78, 5) is 27.5. The molecule has 0 N–H and O–H groups in total. The molecule has 3 fully saturated rings. The monoisotopic (exact) mass is 573 g/mol. The maximum atomic E-state index is 12.9. The summed E-state index contributed by atoms with van der Waals surface area (Å²) >= 11 is 11.9. The molecule has 6 heteroatoms. The highest BCUT2D eigenvalue weighted by molar-refractivity contribution is 6.18. The number of rotatable bonds is 9. The minimum Gasteiger partial charge on any atom is -0.462 e. The molecule has 0 saturated heterocycles. The van der Waals surface area contributed by atoms with Crippen molar-refractivity contribution in [3.8, 4) is 0 Å². The van der Waals surface area contributed by atoms with E-state index in [2.05, 4.69) is 24.8 Å². The summed E-state index contributed by atoms with van der Waals surface area (Å²) in [5.41, 5.74) is 3.94. The molecule has 0 unspecified atom stereocenters. The van der Waals surface area contributed by atoms with Crippen molar-refractivity contribution in [2.45, 2.75) is 84.7 Å². The minimum absolute atomic E-state index is 0.0296. The van der Waals surface area contributed by atoms with Crippen molar-refractivity contribution in [2.75, 3.05) is 29.7 Å². The fraction of sp³-hybridized carbons (Fsp3) is 0.697. The quantitative estimate of drug-likeness (QED) is 0.173. The summed E-state index contributed by atoms with van der Waals surface area (Å²) in [7, 11) is 0. The molecule has 0 radical (unpaired) electrons. The Morgan fingerprint density at radius 1 is 0.974 bits per heavy atom. The second kappa shape index (κ2) is 11.8. The van der Waals surface area contributed by atoms with Crippen molar-refractivity contribution in [1.29, 1.82) is 0 Å². The van der Waals surface area contributed by atoms with Gasteiger partial charge in [0.1, 0.15) is 11.9 Å². The van der Waals surface area contributed by atoms with E-state index in [4.69, 9.17) is 27.9 Å². The molecule has 0 aromatic heterocycles. The van der Waals surface area contributed by atoms with Crippen LogP contribution in [0.25, 0.3) is 0 Å². The number of allylic oxidation sites excluding steroid dienone is 1.